The number of nitrogens with one attached hydrogen (secondary N) is 1. The lowest BCUT2D eigenvalue weighted by molar-refractivity contribution is -0.122. The molecule has 1 heterocycles. The highest BCUT2D eigenvalue weighted by molar-refractivity contribution is 5.76. The van der Waals surface area contributed by atoms with E-state index in [2.05, 4.69) is 11.4 Å². The minimum Gasteiger partial charge on any atom is -0.496 e. The summed E-state index contributed by atoms with van der Waals surface area (Å²) in [5.74, 6) is 1.04. The molecular formula is C18H24N2O3. The van der Waals surface area contributed by atoms with Crippen LogP contribution in [0.4, 0.5) is 0 Å². The van der Waals surface area contributed by atoms with Gasteiger partial charge in [-0.25, -0.2) is 0 Å². The second-order valence-electron chi connectivity index (χ2n) is 6.12. The van der Waals surface area contributed by atoms with Crippen LogP contribution in [-0.4, -0.2) is 32.3 Å². The van der Waals surface area contributed by atoms with E-state index in [0.29, 0.717) is 19.6 Å². The van der Waals surface area contributed by atoms with Crippen LogP contribution in [0.1, 0.15) is 25.3 Å². The first kappa shape index (κ1) is 17.3. The van der Waals surface area contributed by atoms with Gasteiger partial charge in [0.25, 0.3) is 0 Å². The SMILES string of the molecule is COc1ccccc1C[C@@H](C)CC(=O)N[C@@H](C#N)[C@@H]1CCOC1. The Bertz CT molecular complexity index is 562. The summed E-state index contributed by atoms with van der Waals surface area (Å²) in [5.41, 5.74) is 1.09. The van der Waals surface area contributed by atoms with Crippen molar-refractivity contribution < 1.29 is 14.3 Å². The highest BCUT2D eigenvalue weighted by Crippen LogP contribution is 2.22. The summed E-state index contributed by atoms with van der Waals surface area (Å²) in [7, 11) is 1.65. The predicted octanol–water partition coefficient (Wildman–Crippen LogP) is 2.31. The van der Waals surface area contributed by atoms with Gasteiger partial charge < -0.3 is 14.8 Å². The Labute approximate surface area is 137 Å². The predicted molar refractivity (Wildman–Crippen MR) is 86.9 cm³/mol. The number of rotatable bonds is 7. The van der Waals surface area contributed by atoms with Crippen LogP contribution in [-0.2, 0) is 16.0 Å². The van der Waals surface area contributed by atoms with E-state index < -0.39 is 6.04 Å². The van der Waals surface area contributed by atoms with Crippen LogP contribution in [0.3, 0.4) is 0 Å². The number of amides is 1. The third kappa shape index (κ3) is 4.97. The van der Waals surface area contributed by atoms with Gasteiger partial charge in [-0.05, 0) is 30.4 Å². The van der Waals surface area contributed by atoms with Crippen LogP contribution >= 0.6 is 0 Å². The summed E-state index contributed by atoms with van der Waals surface area (Å²) in [5, 5.41) is 12.1. The van der Waals surface area contributed by atoms with Gasteiger partial charge in [0.05, 0.1) is 19.8 Å². The summed E-state index contributed by atoms with van der Waals surface area (Å²) >= 11 is 0. The molecular weight excluding hydrogens is 292 g/mol. The quantitative estimate of drug-likeness (QED) is 0.838. The molecule has 1 aliphatic rings. The van der Waals surface area contributed by atoms with Crippen LogP contribution in [0.15, 0.2) is 24.3 Å². The maximum atomic E-state index is 12.2. The standard InChI is InChI=1S/C18H24N2O3/c1-13(9-14-5-3-4-6-17(14)22-2)10-18(21)20-16(11-19)15-7-8-23-12-15/h3-6,13,15-16H,7-10,12H2,1-2H3,(H,20,21)/t13-,15-,16+/m1/s1. The fourth-order valence-electron chi connectivity index (χ4n) is 2.94. The molecule has 124 valence electrons. The average molecular weight is 316 g/mol. The van der Waals surface area contributed by atoms with Crippen LogP contribution < -0.4 is 10.1 Å². The van der Waals surface area contributed by atoms with Gasteiger partial charge in [-0.2, -0.15) is 5.26 Å². The summed E-state index contributed by atoms with van der Waals surface area (Å²) in [6.07, 6.45) is 1.99. The van der Waals surface area contributed by atoms with Gasteiger partial charge in [0.1, 0.15) is 11.8 Å². The van der Waals surface area contributed by atoms with Crippen molar-refractivity contribution in [3.63, 3.8) is 0 Å². The normalized spacial score (nSPS) is 19.6. The van der Waals surface area contributed by atoms with Crippen molar-refractivity contribution in [1.82, 2.24) is 5.32 Å². The molecule has 1 aromatic carbocycles. The van der Waals surface area contributed by atoms with E-state index in [1.54, 1.807) is 7.11 Å². The molecule has 5 nitrogen and oxygen atoms in total. The smallest absolute Gasteiger partial charge is 0.221 e. The molecule has 3 atom stereocenters. The Balaban J connectivity index is 1.85. The van der Waals surface area contributed by atoms with Gasteiger partial charge in [-0.3, -0.25) is 4.79 Å². The van der Waals surface area contributed by atoms with Gasteiger partial charge >= 0.3 is 0 Å². The van der Waals surface area contributed by atoms with Crippen LogP contribution in [0.25, 0.3) is 0 Å². The van der Waals surface area contributed by atoms with Gasteiger partial charge in [0.15, 0.2) is 0 Å². The first-order chi connectivity index (χ1) is 11.1. The molecule has 0 aliphatic carbocycles. The van der Waals surface area contributed by atoms with Crippen molar-refractivity contribution in [3.05, 3.63) is 29.8 Å². The number of methoxy groups -OCH3 is 1. The van der Waals surface area contributed by atoms with Crippen LogP contribution in [0.5, 0.6) is 5.75 Å². The molecule has 0 bridgehead atoms. The van der Waals surface area contributed by atoms with E-state index in [0.717, 1.165) is 24.2 Å². The molecule has 5 heteroatoms. The third-order valence-corrected chi connectivity index (χ3v) is 4.19. The van der Waals surface area contributed by atoms with Crippen molar-refractivity contribution in [3.8, 4) is 11.8 Å². The first-order valence-corrected chi connectivity index (χ1v) is 8.02. The van der Waals surface area contributed by atoms with E-state index in [4.69, 9.17) is 9.47 Å². The molecule has 1 amide bonds. The zero-order valence-electron chi connectivity index (χ0n) is 13.7. The number of nitriles is 1. The zero-order chi connectivity index (χ0) is 16.7. The number of carbonyl (C=O) groups excluding carboxylic acids is 1. The van der Waals surface area contributed by atoms with Gasteiger partial charge in [-0.15, -0.1) is 0 Å². The number of carbonyl (C=O) groups is 1. The number of ether oxygens (including phenoxy) is 2. The molecule has 0 unspecified atom stereocenters. The second-order valence-corrected chi connectivity index (χ2v) is 6.12. The number of benzene rings is 1. The maximum absolute atomic E-state index is 12.2. The number of para-hydroxylation sites is 1. The molecule has 0 saturated carbocycles. The Morgan fingerprint density at radius 3 is 2.96 bits per heavy atom. The summed E-state index contributed by atoms with van der Waals surface area (Å²) in [4.78, 5) is 12.2. The Hall–Kier alpha value is -2.06. The summed E-state index contributed by atoms with van der Waals surface area (Å²) in [6.45, 7) is 3.25. The van der Waals surface area contributed by atoms with Crippen molar-refractivity contribution >= 4 is 5.91 Å². The monoisotopic (exact) mass is 316 g/mol. The van der Waals surface area contributed by atoms with Crippen LogP contribution in [0, 0.1) is 23.2 Å². The molecule has 23 heavy (non-hydrogen) atoms. The highest BCUT2D eigenvalue weighted by Gasteiger charge is 2.27. The molecule has 1 saturated heterocycles. The minimum atomic E-state index is -0.455. The van der Waals surface area contributed by atoms with Crippen LogP contribution in [0.2, 0.25) is 0 Å². The topological polar surface area (TPSA) is 71.3 Å². The molecule has 1 fully saturated rings. The van der Waals surface area contributed by atoms with Crippen molar-refractivity contribution in [2.45, 2.75) is 32.2 Å². The van der Waals surface area contributed by atoms with E-state index in [1.807, 2.05) is 31.2 Å². The lowest BCUT2D eigenvalue weighted by Gasteiger charge is -2.19. The largest absolute Gasteiger partial charge is 0.496 e. The Morgan fingerprint density at radius 2 is 2.30 bits per heavy atom. The fraction of sp³-hybridized carbons (Fsp3) is 0.556. The van der Waals surface area contributed by atoms with Crippen molar-refractivity contribution in [2.24, 2.45) is 11.8 Å². The van der Waals surface area contributed by atoms with Crippen molar-refractivity contribution in [2.75, 3.05) is 20.3 Å². The molecule has 1 aliphatic heterocycles. The van der Waals surface area contributed by atoms with E-state index in [9.17, 15) is 10.1 Å². The van der Waals surface area contributed by atoms with Gasteiger partial charge in [-0.1, -0.05) is 25.1 Å². The second kappa shape index (κ2) is 8.54. The van der Waals surface area contributed by atoms with Crippen molar-refractivity contribution in [1.29, 1.82) is 5.26 Å². The number of nitrogens with zero attached hydrogens (tertiary/aromatic N) is 1. The lowest BCUT2D eigenvalue weighted by atomic mass is 9.96. The summed E-state index contributed by atoms with van der Waals surface area (Å²) < 4.78 is 10.6. The number of hydrogen-bond acceptors (Lipinski definition) is 4. The minimum absolute atomic E-state index is 0.0779. The molecule has 1 N–H and O–H groups in total. The van der Waals surface area contributed by atoms with Gasteiger partial charge in [0, 0.05) is 18.9 Å². The molecule has 0 radical (unpaired) electrons. The highest BCUT2D eigenvalue weighted by atomic mass is 16.5. The molecule has 2 rings (SSSR count). The van der Waals surface area contributed by atoms with E-state index in [-0.39, 0.29) is 17.7 Å². The number of hydrogen-bond donors (Lipinski definition) is 1. The van der Waals surface area contributed by atoms with E-state index >= 15 is 0 Å². The molecule has 0 spiro atoms. The third-order valence-electron chi connectivity index (χ3n) is 4.19. The Morgan fingerprint density at radius 1 is 1.52 bits per heavy atom. The lowest BCUT2D eigenvalue weighted by Crippen LogP contribution is -2.40. The summed E-state index contributed by atoms with van der Waals surface area (Å²) in [6, 6.07) is 9.57. The Kier molecular flexibility index (Phi) is 6.42. The first-order valence-electron chi connectivity index (χ1n) is 8.02. The fourth-order valence-corrected chi connectivity index (χ4v) is 2.94. The maximum Gasteiger partial charge on any atom is 0.221 e. The van der Waals surface area contributed by atoms with E-state index in [1.165, 1.54) is 0 Å². The van der Waals surface area contributed by atoms with Gasteiger partial charge in [0.2, 0.25) is 5.91 Å². The molecule has 1 aromatic rings. The molecule has 0 aromatic heterocycles. The zero-order valence-corrected chi connectivity index (χ0v) is 13.7. The average Bonchev–Trinajstić information content (AvgIpc) is 3.07.